The third-order valence-corrected chi connectivity index (χ3v) is 5.02. The summed E-state index contributed by atoms with van der Waals surface area (Å²) >= 11 is 0. The first kappa shape index (κ1) is 12.9. The number of azide groups is 1. The molecule has 9 heteroatoms. The number of hydrogen-bond donors (Lipinski definition) is 0. The van der Waals surface area contributed by atoms with Crippen LogP contribution in [0.25, 0.3) is 10.4 Å². The molecule has 1 atom stereocenters. The van der Waals surface area contributed by atoms with Crippen molar-refractivity contribution >= 4 is 10.0 Å². The van der Waals surface area contributed by atoms with Gasteiger partial charge < -0.3 is 4.52 Å². The third-order valence-electron chi connectivity index (χ3n) is 2.91. The van der Waals surface area contributed by atoms with Gasteiger partial charge in [0, 0.05) is 18.0 Å². The number of aryl methyl sites for hydroxylation is 2. The van der Waals surface area contributed by atoms with Crippen LogP contribution in [-0.4, -0.2) is 37.0 Å². The van der Waals surface area contributed by atoms with Crippen LogP contribution in [-0.2, 0) is 10.0 Å². The van der Waals surface area contributed by atoms with Gasteiger partial charge in [0.2, 0.25) is 10.0 Å². The second-order valence-electron chi connectivity index (χ2n) is 4.16. The topological polar surface area (TPSA) is 112 Å². The zero-order chi connectivity index (χ0) is 13.3. The van der Waals surface area contributed by atoms with Crippen LogP contribution in [0.1, 0.15) is 17.9 Å². The minimum absolute atomic E-state index is 0.115. The molecule has 8 nitrogen and oxygen atoms in total. The molecule has 0 amide bonds. The van der Waals surface area contributed by atoms with Crippen molar-refractivity contribution in [3.8, 4) is 0 Å². The van der Waals surface area contributed by atoms with Gasteiger partial charge in [-0.2, -0.15) is 4.31 Å². The van der Waals surface area contributed by atoms with Gasteiger partial charge in [0.05, 0.1) is 6.04 Å². The first-order chi connectivity index (χ1) is 8.46. The normalized spacial score (nSPS) is 20.9. The Morgan fingerprint density at radius 2 is 2.28 bits per heavy atom. The van der Waals surface area contributed by atoms with Crippen LogP contribution in [0.4, 0.5) is 0 Å². The number of aromatic nitrogens is 1. The number of sulfonamides is 1. The summed E-state index contributed by atoms with van der Waals surface area (Å²) < 4.78 is 30.9. The van der Waals surface area contributed by atoms with E-state index in [1.54, 1.807) is 13.8 Å². The summed E-state index contributed by atoms with van der Waals surface area (Å²) in [5, 5.41) is 7.20. The maximum absolute atomic E-state index is 12.4. The molecule has 0 radical (unpaired) electrons. The SMILES string of the molecule is Cc1noc(C)c1S(=O)(=O)N1CCC(N=[N+]=[N-])C1. The highest BCUT2D eigenvalue weighted by molar-refractivity contribution is 7.89. The van der Waals surface area contributed by atoms with Gasteiger partial charge in [0.25, 0.3) is 0 Å². The Labute approximate surface area is 104 Å². The molecular formula is C9H13N5O3S. The molecule has 0 N–H and O–H groups in total. The molecule has 1 aromatic heterocycles. The largest absolute Gasteiger partial charge is 0.360 e. The van der Waals surface area contributed by atoms with Crippen molar-refractivity contribution in [2.24, 2.45) is 5.11 Å². The fourth-order valence-electron chi connectivity index (χ4n) is 2.07. The number of hydrogen-bond acceptors (Lipinski definition) is 5. The average molecular weight is 271 g/mol. The fraction of sp³-hybridized carbons (Fsp3) is 0.667. The monoisotopic (exact) mass is 271 g/mol. The number of rotatable bonds is 3. The molecule has 0 spiro atoms. The van der Waals surface area contributed by atoms with Crippen LogP contribution in [0.3, 0.4) is 0 Å². The second kappa shape index (κ2) is 4.60. The van der Waals surface area contributed by atoms with E-state index in [4.69, 9.17) is 10.1 Å². The maximum atomic E-state index is 12.4. The molecule has 1 aliphatic heterocycles. The van der Waals surface area contributed by atoms with E-state index < -0.39 is 10.0 Å². The number of nitrogens with zero attached hydrogens (tertiary/aromatic N) is 5. The lowest BCUT2D eigenvalue weighted by atomic mass is 10.3. The standard InChI is InChI=1S/C9H13N5O3S/c1-6-9(7(2)17-12-6)18(15,16)14-4-3-8(5-14)11-13-10/h8H,3-5H2,1-2H3. The summed E-state index contributed by atoms with van der Waals surface area (Å²) in [5.74, 6) is 0.278. The molecule has 2 rings (SSSR count). The Balaban J connectivity index is 2.31. The molecule has 1 fully saturated rings. The third kappa shape index (κ3) is 2.07. The van der Waals surface area contributed by atoms with Crippen molar-refractivity contribution in [3.63, 3.8) is 0 Å². The molecule has 1 unspecified atom stereocenters. The lowest BCUT2D eigenvalue weighted by Crippen LogP contribution is -2.30. The lowest BCUT2D eigenvalue weighted by molar-refractivity contribution is 0.389. The Hall–Kier alpha value is -1.57. The van der Waals surface area contributed by atoms with E-state index in [0.29, 0.717) is 18.7 Å². The van der Waals surface area contributed by atoms with Gasteiger partial charge in [-0.3, -0.25) is 0 Å². The van der Waals surface area contributed by atoms with Crippen LogP contribution >= 0.6 is 0 Å². The first-order valence-corrected chi connectivity index (χ1v) is 6.88. The van der Waals surface area contributed by atoms with Crippen LogP contribution in [0.2, 0.25) is 0 Å². The minimum atomic E-state index is -3.61. The van der Waals surface area contributed by atoms with Crippen LogP contribution in [0.15, 0.2) is 14.5 Å². The van der Waals surface area contributed by atoms with Gasteiger partial charge in [-0.15, -0.1) is 0 Å². The molecule has 18 heavy (non-hydrogen) atoms. The van der Waals surface area contributed by atoms with E-state index in [9.17, 15) is 8.42 Å². The molecule has 2 heterocycles. The summed E-state index contributed by atoms with van der Waals surface area (Å²) in [6.07, 6.45) is 0.534. The minimum Gasteiger partial charge on any atom is -0.360 e. The van der Waals surface area contributed by atoms with Crippen molar-refractivity contribution in [2.45, 2.75) is 31.2 Å². The molecule has 0 aliphatic carbocycles. The predicted octanol–water partition coefficient (Wildman–Crippen LogP) is 1.36. The Morgan fingerprint density at radius 3 is 2.83 bits per heavy atom. The summed E-state index contributed by atoms with van der Waals surface area (Å²) in [5.41, 5.74) is 8.70. The molecule has 98 valence electrons. The summed E-state index contributed by atoms with van der Waals surface area (Å²) in [4.78, 5) is 2.82. The van der Waals surface area contributed by atoms with Gasteiger partial charge in [0.1, 0.15) is 10.6 Å². The average Bonchev–Trinajstić information content (AvgIpc) is 2.87. The maximum Gasteiger partial charge on any atom is 0.248 e. The molecule has 1 aliphatic rings. The van der Waals surface area contributed by atoms with E-state index in [1.165, 1.54) is 4.31 Å². The highest BCUT2D eigenvalue weighted by Gasteiger charge is 2.35. The zero-order valence-electron chi connectivity index (χ0n) is 10.1. The summed E-state index contributed by atoms with van der Waals surface area (Å²) in [6, 6.07) is -0.301. The Bertz CT molecular complexity index is 582. The fourth-order valence-corrected chi connectivity index (χ4v) is 3.85. The van der Waals surface area contributed by atoms with Crippen molar-refractivity contribution in [1.29, 1.82) is 0 Å². The molecular weight excluding hydrogens is 258 g/mol. The van der Waals surface area contributed by atoms with E-state index in [2.05, 4.69) is 15.2 Å². The highest BCUT2D eigenvalue weighted by Crippen LogP contribution is 2.26. The quantitative estimate of drug-likeness (QED) is 0.469. The summed E-state index contributed by atoms with van der Waals surface area (Å²) in [7, 11) is -3.61. The first-order valence-electron chi connectivity index (χ1n) is 5.44. The van der Waals surface area contributed by atoms with Gasteiger partial charge in [-0.1, -0.05) is 10.3 Å². The molecule has 0 aromatic carbocycles. The van der Waals surface area contributed by atoms with Crippen LogP contribution in [0.5, 0.6) is 0 Å². The molecule has 0 saturated carbocycles. The van der Waals surface area contributed by atoms with Crippen molar-refractivity contribution in [3.05, 3.63) is 21.9 Å². The van der Waals surface area contributed by atoms with E-state index in [1.807, 2.05) is 0 Å². The lowest BCUT2D eigenvalue weighted by Gasteiger charge is -2.15. The van der Waals surface area contributed by atoms with E-state index in [0.717, 1.165) is 0 Å². The van der Waals surface area contributed by atoms with Gasteiger partial charge in [-0.25, -0.2) is 8.42 Å². The summed E-state index contributed by atoms with van der Waals surface area (Å²) in [6.45, 7) is 3.70. The van der Waals surface area contributed by atoms with E-state index >= 15 is 0 Å². The Morgan fingerprint density at radius 1 is 1.56 bits per heavy atom. The smallest absolute Gasteiger partial charge is 0.248 e. The van der Waals surface area contributed by atoms with Crippen LogP contribution in [0, 0.1) is 13.8 Å². The van der Waals surface area contributed by atoms with E-state index in [-0.39, 0.29) is 23.2 Å². The molecule has 0 bridgehead atoms. The zero-order valence-corrected chi connectivity index (χ0v) is 10.9. The highest BCUT2D eigenvalue weighted by atomic mass is 32.2. The van der Waals surface area contributed by atoms with Gasteiger partial charge in [0.15, 0.2) is 5.76 Å². The molecule has 1 saturated heterocycles. The van der Waals surface area contributed by atoms with Crippen LogP contribution < -0.4 is 0 Å². The van der Waals surface area contributed by atoms with Gasteiger partial charge >= 0.3 is 0 Å². The van der Waals surface area contributed by atoms with Crippen molar-refractivity contribution < 1.29 is 12.9 Å². The second-order valence-corrected chi connectivity index (χ2v) is 6.04. The molecule has 1 aromatic rings. The van der Waals surface area contributed by atoms with Crippen molar-refractivity contribution in [1.82, 2.24) is 9.46 Å². The van der Waals surface area contributed by atoms with Crippen molar-refractivity contribution in [2.75, 3.05) is 13.1 Å². The Kier molecular flexibility index (Phi) is 3.29. The predicted molar refractivity (Wildman–Crippen MR) is 62.3 cm³/mol. The van der Waals surface area contributed by atoms with Gasteiger partial charge in [-0.05, 0) is 25.8 Å².